The van der Waals surface area contributed by atoms with Gasteiger partial charge < -0.3 is 0 Å². The zero-order valence-electron chi connectivity index (χ0n) is 14.7. The van der Waals surface area contributed by atoms with Gasteiger partial charge in [0.2, 0.25) is 5.91 Å². The minimum Gasteiger partial charge on any atom is -0.283 e. The van der Waals surface area contributed by atoms with E-state index in [-0.39, 0.29) is 18.1 Å². The van der Waals surface area contributed by atoms with Crippen LogP contribution >= 0.6 is 22.9 Å². The molecule has 2 aromatic heterocycles. The quantitative estimate of drug-likeness (QED) is 0.421. The fourth-order valence-electron chi connectivity index (χ4n) is 2.79. The standard InChI is InChI=1S/C21H15ClFN3OS/c22-19-10-7-15(12-24-19)11-20(27)26(13-14-5-8-16(23)9-6-14)21-25-17-3-1-2-4-18(17)28-21/h1-10,12H,11,13H2. The van der Waals surface area contributed by atoms with E-state index >= 15 is 0 Å². The van der Waals surface area contributed by atoms with Crippen molar-refractivity contribution in [2.24, 2.45) is 0 Å². The number of nitrogens with zero attached hydrogens (tertiary/aromatic N) is 3. The number of benzene rings is 2. The second-order valence-corrected chi connectivity index (χ2v) is 7.63. The highest BCUT2D eigenvalue weighted by atomic mass is 35.5. The maximum atomic E-state index is 13.3. The molecule has 0 radical (unpaired) electrons. The SMILES string of the molecule is O=C(Cc1ccc(Cl)nc1)N(Cc1ccc(F)cc1)c1nc2ccccc2s1. The van der Waals surface area contributed by atoms with Crippen molar-refractivity contribution >= 4 is 44.2 Å². The van der Waals surface area contributed by atoms with E-state index in [0.717, 1.165) is 21.3 Å². The molecule has 7 heteroatoms. The molecule has 2 aromatic carbocycles. The van der Waals surface area contributed by atoms with Gasteiger partial charge in [-0.3, -0.25) is 9.69 Å². The Bertz CT molecular complexity index is 1080. The van der Waals surface area contributed by atoms with Crippen molar-refractivity contribution in [2.45, 2.75) is 13.0 Å². The second-order valence-electron chi connectivity index (χ2n) is 6.24. The van der Waals surface area contributed by atoms with Gasteiger partial charge in [-0.15, -0.1) is 0 Å². The number of aromatic nitrogens is 2. The van der Waals surface area contributed by atoms with Crippen LogP contribution in [0.25, 0.3) is 10.2 Å². The molecule has 0 unspecified atom stereocenters. The summed E-state index contributed by atoms with van der Waals surface area (Å²) in [4.78, 5) is 23.4. The molecule has 0 spiro atoms. The van der Waals surface area contributed by atoms with Crippen LogP contribution in [0.5, 0.6) is 0 Å². The van der Waals surface area contributed by atoms with Gasteiger partial charge in [0.15, 0.2) is 5.13 Å². The summed E-state index contributed by atoms with van der Waals surface area (Å²) < 4.78 is 14.3. The summed E-state index contributed by atoms with van der Waals surface area (Å²) in [5.41, 5.74) is 2.43. The number of halogens is 2. The minimum absolute atomic E-state index is 0.118. The molecule has 0 fully saturated rings. The van der Waals surface area contributed by atoms with Crippen LogP contribution in [-0.2, 0) is 17.8 Å². The van der Waals surface area contributed by atoms with Gasteiger partial charge in [0, 0.05) is 6.20 Å². The average Bonchev–Trinajstić information content (AvgIpc) is 3.13. The van der Waals surface area contributed by atoms with Gasteiger partial charge in [0.05, 0.1) is 23.2 Å². The van der Waals surface area contributed by atoms with Crippen LogP contribution in [0.15, 0.2) is 66.9 Å². The fraction of sp³-hybridized carbons (Fsp3) is 0.0952. The Kier molecular flexibility index (Phi) is 5.32. The Morgan fingerprint density at radius 2 is 1.79 bits per heavy atom. The number of carbonyl (C=O) groups is 1. The zero-order chi connectivity index (χ0) is 19.5. The van der Waals surface area contributed by atoms with E-state index in [1.807, 2.05) is 24.3 Å². The third kappa shape index (κ3) is 4.18. The first kappa shape index (κ1) is 18.5. The van der Waals surface area contributed by atoms with Crippen molar-refractivity contribution in [3.63, 3.8) is 0 Å². The average molecular weight is 412 g/mol. The van der Waals surface area contributed by atoms with E-state index in [1.165, 1.54) is 23.5 Å². The van der Waals surface area contributed by atoms with Crippen molar-refractivity contribution in [1.29, 1.82) is 0 Å². The molecule has 0 saturated carbocycles. The summed E-state index contributed by atoms with van der Waals surface area (Å²) in [6.45, 7) is 0.306. The summed E-state index contributed by atoms with van der Waals surface area (Å²) in [7, 11) is 0. The van der Waals surface area contributed by atoms with E-state index in [2.05, 4.69) is 9.97 Å². The summed E-state index contributed by atoms with van der Waals surface area (Å²) in [6.07, 6.45) is 1.76. The molecule has 0 aliphatic heterocycles. The van der Waals surface area contributed by atoms with Gasteiger partial charge in [-0.25, -0.2) is 14.4 Å². The Labute approximate surface area is 170 Å². The third-order valence-electron chi connectivity index (χ3n) is 4.21. The Balaban J connectivity index is 1.66. The number of carbonyl (C=O) groups excluding carboxylic acids is 1. The molecule has 0 saturated heterocycles. The molecule has 4 nitrogen and oxygen atoms in total. The number of amides is 1. The first-order chi connectivity index (χ1) is 13.6. The fourth-order valence-corrected chi connectivity index (χ4v) is 3.89. The van der Waals surface area contributed by atoms with E-state index in [4.69, 9.17) is 11.6 Å². The Morgan fingerprint density at radius 3 is 2.50 bits per heavy atom. The van der Waals surface area contributed by atoms with E-state index in [0.29, 0.717) is 16.8 Å². The van der Waals surface area contributed by atoms with E-state index < -0.39 is 0 Å². The van der Waals surface area contributed by atoms with Crippen LogP contribution in [0.2, 0.25) is 5.15 Å². The van der Waals surface area contributed by atoms with Crippen LogP contribution in [0.3, 0.4) is 0 Å². The van der Waals surface area contributed by atoms with E-state index in [9.17, 15) is 9.18 Å². The molecule has 0 aliphatic rings. The predicted molar refractivity (Wildman–Crippen MR) is 110 cm³/mol. The lowest BCUT2D eigenvalue weighted by Crippen LogP contribution is -2.31. The van der Waals surface area contributed by atoms with Gasteiger partial charge in [-0.1, -0.05) is 53.3 Å². The smallest absolute Gasteiger partial charge is 0.233 e. The highest BCUT2D eigenvalue weighted by Gasteiger charge is 2.20. The summed E-state index contributed by atoms with van der Waals surface area (Å²) in [5.74, 6) is -0.429. The highest BCUT2D eigenvalue weighted by molar-refractivity contribution is 7.22. The number of para-hydroxylation sites is 1. The number of pyridine rings is 1. The molecule has 0 aliphatic carbocycles. The molecule has 0 bridgehead atoms. The largest absolute Gasteiger partial charge is 0.283 e. The van der Waals surface area contributed by atoms with Gasteiger partial charge in [-0.05, 0) is 41.5 Å². The van der Waals surface area contributed by atoms with Crippen LogP contribution in [-0.4, -0.2) is 15.9 Å². The molecule has 28 heavy (non-hydrogen) atoms. The molecular formula is C21H15ClFN3OS. The van der Waals surface area contributed by atoms with Crippen molar-refractivity contribution in [3.8, 4) is 0 Å². The van der Waals surface area contributed by atoms with Gasteiger partial charge in [0.1, 0.15) is 11.0 Å². The van der Waals surface area contributed by atoms with Crippen LogP contribution in [0.4, 0.5) is 9.52 Å². The molecule has 0 atom stereocenters. The molecule has 0 N–H and O–H groups in total. The lowest BCUT2D eigenvalue weighted by molar-refractivity contribution is -0.118. The molecule has 2 heterocycles. The number of hydrogen-bond donors (Lipinski definition) is 0. The summed E-state index contributed by atoms with van der Waals surface area (Å²) in [6, 6.07) is 17.3. The number of hydrogen-bond acceptors (Lipinski definition) is 4. The lowest BCUT2D eigenvalue weighted by Gasteiger charge is -2.20. The van der Waals surface area contributed by atoms with Gasteiger partial charge >= 0.3 is 0 Å². The zero-order valence-corrected chi connectivity index (χ0v) is 16.3. The van der Waals surface area contributed by atoms with Crippen LogP contribution < -0.4 is 4.90 Å². The maximum Gasteiger partial charge on any atom is 0.233 e. The van der Waals surface area contributed by atoms with Crippen molar-refractivity contribution < 1.29 is 9.18 Å². The number of rotatable bonds is 5. The van der Waals surface area contributed by atoms with E-state index in [1.54, 1.807) is 35.4 Å². The summed E-state index contributed by atoms with van der Waals surface area (Å²) in [5, 5.41) is 0.989. The first-order valence-corrected chi connectivity index (χ1v) is 9.79. The predicted octanol–water partition coefficient (Wildman–Crippen LogP) is 5.26. The second kappa shape index (κ2) is 8.04. The molecule has 4 rings (SSSR count). The number of anilines is 1. The van der Waals surface area contributed by atoms with Crippen LogP contribution in [0.1, 0.15) is 11.1 Å². The number of fused-ring (bicyclic) bond motifs is 1. The Hall–Kier alpha value is -2.83. The normalized spacial score (nSPS) is 10.9. The topological polar surface area (TPSA) is 46.1 Å². The van der Waals surface area contributed by atoms with Crippen LogP contribution in [0, 0.1) is 5.82 Å². The molecule has 4 aromatic rings. The van der Waals surface area contributed by atoms with Crippen molar-refractivity contribution in [2.75, 3.05) is 4.90 Å². The van der Waals surface area contributed by atoms with Gasteiger partial charge in [0.25, 0.3) is 0 Å². The van der Waals surface area contributed by atoms with Crippen molar-refractivity contribution in [3.05, 3.63) is 89.0 Å². The monoisotopic (exact) mass is 411 g/mol. The van der Waals surface area contributed by atoms with Gasteiger partial charge in [-0.2, -0.15) is 0 Å². The van der Waals surface area contributed by atoms with Crippen molar-refractivity contribution in [1.82, 2.24) is 9.97 Å². The Morgan fingerprint density at radius 1 is 1.04 bits per heavy atom. The maximum absolute atomic E-state index is 13.3. The number of thiazole rings is 1. The minimum atomic E-state index is -0.311. The lowest BCUT2D eigenvalue weighted by atomic mass is 10.1. The molecule has 140 valence electrons. The molecular weight excluding hydrogens is 397 g/mol. The highest BCUT2D eigenvalue weighted by Crippen LogP contribution is 2.30. The first-order valence-electron chi connectivity index (χ1n) is 8.59. The molecule has 1 amide bonds. The third-order valence-corrected chi connectivity index (χ3v) is 5.50. The summed E-state index contributed by atoms with van der Waals surface area (Å²) >= 11 is 7.28.